The largest absolute Gasteiger partial charge is 0.348 e. The van der Waals surface area contributed by atoms with Gasteiger partial charge in [-0.3, -0.25) is 9.89 Å². The van der Waals surface area contributed by atoms with Gasteiger partial charge in [-0.15, -0.1) is 0 Å². The predicted octanol–water partition coefficient (Wildman–Crippen LogP) is 3.97. The van der Waals surface area contributed by atoms with Gasteiger partial charge in [0.05, 0.1) is 17.5 Å². The average molecular weight is 326 g/mol. The summed E-state index contributed by atoms with van der Waals surface area (Å²) in [6.45, 7) is 2.50. The molecular formula is C18H16ClN3O. The number of halogens is 1. The van der Waals surface area contributed by atoms with Crippen molar-refractivity contribution in [3.63, 3.8) is 0 Å². The lowest BCUT2D eigenvalue weighted by atomic mass is 10.1. The van der Waals surface area contributed by atoms with Crippen LogP contribution in [-0.2, 0) is 6.54 Å². The third-order valence-electron chi connectivity index (χ3n) is 3.53. The molecule has 1 heterocycles. The lowest BCUT2D eigenvalue weighted by Gasteiger charge is -2.07. The lowest BCUT2D eigenvalue weighted by molar-refractivity contribution is 0.0951. The summed E-state index contributed by atoms with van der Waals surface area (Å²) in [6, 6.07) is 15.4. The molecule has 2 N–H and O–H groups in total. The van der Waals surface area contributed by atoms with E-state index < -0.39 is 0 Å². The van der Waals surface area contributed by atoms with Gasteiger partial charge in [-0.25, -0.2) is 0 Å². The van der Waals surface area contributed by atoms with E-state index in [4.69, 9.17) is 11.6 Å². The van der Waals surface area contributed by atoms with Crippen LogP contribution in [0.2, 0.25) is 5.02 Å². The monoisotopic (exact) mass is 325 g/mol. The Morgan fingerprint density at radius 1 is 1.22 bits per heavy atom. The number of hydrogen-bond acceptors (Lipinski definition) is 2. The summed E-state index contributed by atoms with van der Waals surface area (Å²) in [6.07, 6.45) is 1.53. The van der Waals surface area contributed by atoms with Gasteiger partial charge in [-0.05, 0) is 24.6 Å². The zero-order chi connectivity index (χ0) is 16.2. The van der Waals surface area contributed by atoms with Gasteiger partial charge in [0.15, 0.2) is 0 Å². The first-order chi connectivity index (χ1) is 11.1. The van der Waals surface area contributed by atoms with Crippen LogP contribution in [0.1, 0.15) is 21.5 Å². The fraction of sp³-hybridized carbons (Fsp3) is 0.111. The Balaban J connectivity index is 1.77. The summed E-state index contributed by atoms with van der Waals surface area (Å²) in [5.41, 5.74) is 4.22. The van der Waals surface area contributed by atoms with Crippen LogP contribution in [0, 0.1) is 6.92 Å². The van der Waals surface area contributed by atoms with E-state index in [0.29, 0.717) is 22.8 Å². The molecule has 4 nitrogen and oxygen atoms in total. The van der Waals surface area contributed by atoms with Crippen molar-refractivity contribution in [3.8, 4) is 11.3 Å². The van der Waals surface area contributed by atoms with Crippen molar-refractivity contribution in [3.05, 3.63) is 76.4 Å². The van der Waals surface area contributed by atoms with Gasteiger partial charge in [0.25, 0.3) is 5.91 Å². The Hall–Kier alpha value is -2.59. The average Bonchev–Trinajstić information content (AvgIpc) is 3.02. The van der Waals surface area contributed by atoms with Crippen LogP contribution in [-0.4, -0.2) is 16.1 Å². The number of benzene rings is 2. The minimum absolute atomic E-state index is 0.171. The number of aryl methyl sites for hydroxylation is 1. The Kier molecular flexibility index (Phi) is 4.44. The van der Waals surface area contributed by atoms with Crippen LogP contribution in [0.25, 0.3) is 11.3 Å². The van der Waals surface area contributed by atoms with Crippen LogP contribution in [0.3, 0.4) is 0 Å². The standard InChI is InChI=1S/C18H16ClN3O/c1-12-4-2-5-13(8-12)10-20-18(23)16-11-21-22-17(16)14-6-3-7-15(19)9-14/h2-9,11H,10H2,1H3,(H,20,23)(H,21,22). The summed E-state index contributed by atoms with van der Waals surface area (Å²) in [7, 11) is 0. The number of hydrogen-bond donors (Lipinski definition) is 2. The Morgan fingerprint density at radius 3 is 2.83 bits per heavy atom. The van der Waals surface area contributed by atoms with Crippen LogP contribution >= 0.6 is 11.6 Å². The smallest absolute Gasteiger partial charge is 0.255 e. The molecule has 5 heteroatoms. The molecule has 0 bridgehead atoms. The number of amides is 1. The topological polar surface area (TPSA) is 57.8 Å². The van der Waals surface area contributed by atoms with Crippen molar-refractivity contribution in [2.75, 3.05) is 0 Å². The van der Waals surface area contributed by atoms with Gasteiger partial charge in [0.1, 0.15) is 0 Å². The molecule has 0 fully saturated rings. The summed E-state index contributed by atoms with van der Waals surface area (Å²) < 4.78 is 0. The molecule has 3 aromatic rings. The van der Waals surface area contributed by atoms with Gasteiger partial charge in [-0.1, -0.05) is 53.6 Å². The van der Waals surface area contributed by atoms with E-state index in [9.17, 15) is 4.79 Å². The molecule has 0 aliphatic rings. The molecule has 0 unspecified atom stereocenters. The molecule has 1 aromatic heterocycles. The molecule has 1 amide bonds. The number of rotatable bonds is 4. The molecular weight excluding hydrogens is 310 g/mol. The second-order valence-electron chi connectivity index (χ2n) is 5.34. The third kappa shape index (κ3) is 3.60. The van der Waals surface area contributed by atoms with Gasteiger partial charge in [-0.2, -0.15) is 5.10 Å². The fourth-order valence-electron chi connectivity index (χ4n) is 2.42. The molecule has 0 saturated heterocycles. The number of carbonyl (C=O) groups is 1. The highest BCUT2D eigenvalue weighted by molar-refractivity contribution is 6.30. The van der Waals surface area contributed by atoms with E-state index in [0.717, 1.165) is 11.1 Å². The van der Waals surface area contributed by atoms with E-state index in [-0.39, 0.29) is 5.91 Å². The lowest BCUT2D eigenvalue weighted by Crippen LogP contribution is -2.23. The van der Waals surface area contributed by atoms with Crippen molar-refractivity contribution in [1.29, 1.82) is 0 Å². The number of carbonyl (C=O) groups excluding carboxylic acids is 1. The van der Waals surface area contributed by atoms with E-state index in [1.165, 1.54) is 11.8 Å². The second kappa shape index (κ2) is 6.67. The maximum absolute atomic E-state index is 12.4. The number of aromatic nitrogens is 2. The maximum Gasteiger partial charge on any atom is 0.255 e. The highest BCUT2D eigenvalue weighted by atomic mass is 35.5. The quantitative estimate of drug-likeness (QED) is 0.762. The van der Waals surface area contributed by atoms with Gasteiger partial charge < -0.3 is 5.32 Å². The minimum atomic E-state index is -0.171. The van der Waals surface area contributed by atoms with Gasteiger partial charge in [0, 0.05) is 17.1 Å². The molecule has 0 radical (unpaired) electrons. The number of aromatic amines is 1. The normalized spacial score (nSPS) is 10.5. The first-order valence-corrected chi connectivity index (χ1v) is 7.64. The van der Waals surface area contributed by atoms with Crippen molar-refractivity contribution >= 4 is 17.5 Å². The molecule has 0 aliphatic heterocycles. The molecule has 0 aliphatic carbocycles. The third-order valence-corrected chi connectivity index (χ3v) is 3.77. The van der Waals surface area contributed by atoms with Crippen molar-refractivity contribution in [1.82, 2.24) is 15.5 Å². The highest BCUT2D eigenvalue weighted by Gasteiger charge is 2.15. The zero-order valence-electron chi connectivity index (χ0n) is 12.6. The molecule has 0 saturated carbocycles. The van der Waals surface area contributed by atoms with E-state index in [1.807, 2.05) is 43.3 Å². The molecule has 0 spiro atoms. The summed E-state index contributed by atoms with van der Waals surface area (Å²) in [5, 5.41) is 10.4. The minimum Gasteiger partial charge on any atom is -0.348 e. The number of nitrogens with zero attached hydrogens (tertiary/aromatic N) is 1. The summed E-state index contributed by atoms with van der Waals surface area (Å²) in [4.78, 5) is 12.4. The number of nitrogens with one attached hydrogen (secondary N) is 2. The zero-order valence-corrected chi connectivity index (χ0v) is 13.4. The van der Waals surface area contributed by atoms with Gasteiger partial charge in [0.2, 0.25) is 0 Å². The Bertz CT molecular complexity index is 842. The van der Waals surface area contributed by atoms with Crippen molar-refractivity contribution < 1.29 is 4.79 Å². The molecule has 0 atom stereocenters. The first kappa shape index (κ1) is 15.3. The second-order valence-corrected chi connectivity index (χ2v) is 5.78. The molecule has 23 heavy (non-hydrogen) atoms. The predicted molar refractivity (Wildman–Crippen MR) is 91.4 cm³/mol. The van der Waals surface area contributed by atoms with Crippen molar-refractivity contribution in [2.24, 2.45) is 0 Å². The SMILES string of the molecule is Cc1cccc(CNC(=O)c2cn[nH]c2-c2cccc(Cl)c2)c1. The van der Waals surface area contributed by atoms with Crippen LogP contribution in [0.5, 0.6) is 0 Å². The van der Waals surface area contributed by atoms with Gasteiger partial charge >= 0.3 is 0 Å². The number of H-pyrrole nitrogens is 1. The van der Waals surface area contributed by atoms with E-state index in [2.05, 4.69) is 15.5 Å². The Morgan fingerprint density at radius 2 is 2.04 bits per heavy atom. The van der Waals surface area contributed by atoms with Crippen LogP contribution in [0.4, 0.5) is 0 Å². The molecule has 3 rings (SSSR count). The summed E-state index contributed by atoms with van der Waals surface area (Å²) in [5.74, 6) is -0.171. The fourth-order valence-corrected chi connectivity index (χ4v) is 2.61. The highest BCUT2D eigenvalue weighted by Crippen LogP contribution is 2.24. The first-order valence-electron chi connectivity index (χ1n) is 7.26. The van der Waals surface area contributed by atoms with Crippen LogP contribution in [0.15, 0.2) is 54.7 Å². The van der Waals surface area contributed by atoms with E-state index >= 15 is 0 Å². The maximum atomic E-state index is 12.4. The van der Waals surface area contributed by atoms with Crippen molar-refractivity contribution in [2.45, 2.75) is 13.5 Å². The summed E-state index contributed by atoms with van der Waals surface area (Å²) >= 11 is 6.01. The molecule has 2 aromatic carbocycles. The van der Waals surface area contributed by atoms with Crippen LogP contribution < -0.4 is 5.32 Å². The Labute approximate surface area is 139 Å². The molecule has 116 valence electrons. The van der Waals surface area contributed by atoms with E-state index in [1.54, 1.807) is 12.1 Å².